The molecule has 0 atom stereocenters. The zero-order chi connectivity index (χ0) is 28.6. The number of nitrogens with two attached hydrogens (primary N) is 1. The van der Waals surface area contributed by atoms with Crippen LogP contribution in [-0.2, 0) is 12.8 Å². The maximum absolute atomic E-state index is 11.2. The number of hydrogen-bond acceptors (Lipinski definition) is 8. The minimum atomic E-state index is -0.146. The van der Waals surface area contributed by atoms with Gasteiger partial charge in [0, 0.05) is 36.2 Å². The summed E-state index contributed by atoms with van der Waals surface area (Å²) < 4.78 is 3.83. The molecule has 1 aliphatic rings. The van der Waals surface area contributed by atoms with Crippen LogP contribution in [-0.4, -0.2) is 44.3 Å². The molecule has 0 spiro atoms. The van der Waals surface area contributed by atoms with Gasteiger partial charge in [-0.1, -0.05) is 6.07 Å². The van der Waals surface area contributed by atoms with E-state index < -0.39 is 0 Å². The Morgan fingerprint density at radius 3 is 2.67 bits per heavy atom. The van der Waals surface area contributed by atoms with Gasteiger partial charge in [-0.25, -0.2) is 24.6 Å². The Kier molecular flexibility index (Phi) is 6.23. The SMILES string of the molecule is Cc1cc2nc[nH]c(=O)c2cn1.Nc1ncccc1-c1nc2ccc(-n3cccn3)nc2n1-c1ccc2c(c1)CCC2. The van der Waals surface area contributed by atoms with Crippen molar-refractivity contribution in [3.63, 3.8) is 0 Å². The Morgan fingerprint density at radius 2 is 1.81 bits per heavy atom. The topological polar surface area (TPSA) is 146 Å². The predicted molar refractivity (Wildman–Crippen MR) is 161 cm³/mol. The highest BCUT2D eigenvalue weighted by atomic mass is 16.1. The standard InChI is InChI=1S/C23H19N7.C8H7N3O/c24-21-18(6-2-11-25-21)22-27-19-9-10-20(29-13-3-12-26-29)28-23(19)30(22)17-8-7-15-4-1-5-16(15)14-17;1-5-2-7-6(3-9-5)8(12)11-4-10-7/h2-3,6-14H,1,4-5H2,(H2,24,25);2-4H,1H3,(H,10,11,12). The molecule has 7 aromatic rings. The molecule has 11 heteroatoms. The zero-order valence-electron chi connectivity index (χ0n) is 22.8. The van der Waals surface area contributed by atoms with E-state index in [0.29, 0.717) is 16.7 Å². The van der Waals surface area contributed by atoms with Crippen molar-refractivity contribution in [2.45, 2.75) is 26.2 Å². The summed E-state index contributed by atoms with van der Waals surface area (Å²) in [7, 11) is 0. The molecule has 1 aromatic carbocycles. The van der Waals surface area contributed by atoms with Gasteiger partial charge in [0.25, 0.3) is 5.56 Å². The van der Waals surface area contributed by atoms with E-state index in [1.807, 2.05) is 43.5 Å². The molecule has 0 bridgehead atoms. The minimum Gasteiger partial charge on any atom is -0.383 e. The van der Waals surface area contributed by atoms with Crippen molar-refractivity contribution in [2.24, 2.45) is 0 Å². The van der Waals surface area contributed by atoms with Gasteiger partial charge in [-0.05, 0) is 85.8 Å². The average molecular weight is 555 g/mol. The van der Waals surface area contributed by atoms with E-state index in [4.69, 9.17) is 15.7 Å². The van der Waals surface area contributed by atoms with Crippen molar-refractivity contribution in [3.05, 3.63) is 113 Å². The largest absolute Gasteiger partial charge is 0.383 e. The Bertz CT molecular complexity index is 2130. The Morgan fingerprint density at radius 1 is 0.905 bits per heavy atom. The number of hydrogen-bond donors (Lipinski definition) is 2. The lowest BCUT2D eigenvalue weighted by molar-refractivity contribution is 0.849. The number of nitrogens with one attached hydrogen (secondary N) is 1. The Balaban J connectivity index is 0.000000201. The Hall–Kier alpha value is -5.71. The number of H-pyrrole nitrogens is 1. The molecule has 0 fully saturated rings. The van der Waals surface area contributed by atoms with Crippen molar-refractivity contribution >= 4 is 27.9 Å². The van der Waals surface area contributed by atoms with Gasteiger partial charge < -0.3 is 10.7 Å². The molecule has 1 aliphatic carbocycles. The molecule has 6 aromatic heterocycles. The zero-order valence-corrected chi connectivity index (χ0v) is 22.8. The van der Waals surface area contributed by atoms with Crippen molar-refractivity contribution in [3.8, 4) is 22.9 Å². The summed E-state index contributed by atoms with van der Waals surface area (Å²) in [6.45, 7) is 1.86. The number of benzene rings is 1. The lowest BCUT2D eigenvalue weighted by atomic mass is 10.1. The minimum absolute atomic E-state index is 0.146. The molecule has 0 amide bonds. The summed E-state index contributed by atoms with van der Waals surface area (Å²) in [5.41, 5.74) is 13.8. The molecular formula is C31H26N10O. The van der Waals surface area contributed by atoms with Crippen LogP contribution in [0.5, 0.6) is 0 Å². The molecule has 3 N–H and O–H groups in total. The molecular weight excluding hydrogens is 528 g/mol. The van der Waals surface area contributed by atoms with Gasteiger partial charge in [-0.3, -0.25) is 14.3 Å². The van der Waals surface area contributed by atoms with Crippen molar-refractivity contribution in [1.82, 2.24) is 44.3 Å². The van der Waals surface area contributed by atoms with Crippen LogP contribution in [0.2, 0.25) is 0 Å². The number of nitrogens with zero attached hydrogens (tertiary/aromatic N) is 8. The summed E-state index contributed by atoms with van der Waals surface area (Å²) in [6.07, 6.45) is 11.7. The predicted octanol–water partition coefficient (Wildman–Crippen LogP) is 4.37. The number of pyridine rings is 3. The monoisotopic (exact) mass is 554 g/mol. The Labute approximate surface area is 239 Å². The number of fused-ring (bicyclic) bond motifs is 3. The first-order valence-corrected chi connectivity index (χ1v) is 13.6. The van der Waals surface area contributed by atoms with Crippen LogP contribution in [0.15, 0.2) is 90.5 Å². The maximum atomic E-state index is 11.2. The second-order valence-corrected chi connectivity index (χ2v) is 10.1. The quantitative estimate of drug-likeness (QED) is 0.327. The summed E-state index contributed by atoms with van der Waals surface area (Å²) in [4.78, 5) is 35.7. The molecule has 42 heavy (non-hydrogen) atoms. The summed E-state index contributed by atoms with van der Waals surface area (Å²) in [6, 6.07) is 18.0. The summed E-state index contributed by atoms with van der Waals surface area (Å²) >= 11 is 0. The van der Waals surface area contributed by atoms with Crippen LogP contribution in [0.25, 0.3) is 45.0 Å². The van der Waals surface area contributed by atoms with Crippen LogP contribution in [0, 0.1) is 6.92 Å². The highest BCUT2D eigenvalue weighted by Crippen LogP contribution is 2.32. The number of aromatic amines is 1. The van der Waals surface area contributed by atoms with Crippen LogP contribution in [0.4, 0.5) is 5.82 Å². The van der Waals surface area contributed by atoms with Crippen LogP contribution in [0.1, 0.15) is 23.2 Å². The first-order chi connectivity index (χ1) is 20.5. The van der Waals surface area contributed by atoms with Gasteiger partial charge in [-0.2, -0.15) is 5.10 Å². The third kappa shape index (κ3) is 4.56. The van der Waals surface area contributed by atoms with Crippen LogP contribution in [0.3, 0.4) is 0 Å². The van der Waals surface area contributed by atoms with Crippen LogP contribution >= 0.6 is 0 Å². The number of aromatic nitrogens is 9. The van der Waals surface area contributed by atoms with Gasteiger partial charge in [0.2, 0.25) is 0 Å². The van der Waals surface area contributed by atoms with Gasteiger partial charge in [0.05, 0.1) is 22.8 Å². The van der Waals surface area contributed by atoms with Crippen LogP contribution < -0.4 is 11.3 Å². The second kappa shape index (κ2) is 10.4. The van der Waals surface area contributed by atoms with Crippen molar-refractivity contribution < 1.29 is 0 Å². The molecule has 0 unspecified atom stereocenters. The van der Waals surface area contributed by atoms with E-state index in [2.05, 4.69) is 47.8 Å². The molecule has 0 saturated heterocycles. The molecule has 8 rings (SSSR count). The first kappa shape index (κ1) is 25.3. The molecule has 11 nitrogen and oxygen atoms in total. The lowest BCUT2D eigenvalue weighted by Crippen LogP contribution is -2.06. The molecule has 0 aliphatic heterocycles. The fourth-order valence-electron chi connectivity index (χ4n) is 5.27. The van der Waals surface area contributed by atoms with E-state index in [-0.39, 0.29) is 5.56 Å². The number of aryl methyl sites for hydroxylation is 3. The number of imidazole rings is 1. The van der Waals surface area contributed by atoms with Gasteiger partial charge in [-0.15, -0.1) is 0 Å². The number of nitrogen functional groups attached to an aromatic ring is 1. The highest BCUT2D eigenvalue weighted by Gasteiger charge is 2.20. The van der Waals surface area contributed by atoms with Crippen molar-refractivity contribution in [2.75, 3.05) is 5.73 Å². The van der Waals surface area contributed by atoms with Gasteiger partial charge >= 0.3 is 0 Å². The lowest BCUT2D eigenvalue weighted by Gasteiger charge is -2.12. The number of anilines is 1. The molecule has 206 valence electrons. The summed E-state index contributed by atoms with van der Waals surface area (Å²) in [5, 5.41) is 4.85. The second-order valence-electron chi connectivity index (χ2n) is 10.1. The average Bonchev–Trinajstić information content (AvgIpc) is 3.77. The molecule has 0 radical (unpaired) electrons. The van der Waals surface area contributed by atoms with Gasteiger partial charge in [0.15, 0.2) is 17.3 Å². The van der Waals surface area contributed by atoms with Gasteiger partial charge in [0.1, 0.15) is 11.3 Å². The first-order valence-electron chi connectivity index (χ1n) is 13.6. The molecule has 6 heterocycles. The normalized spacial score (nSPS) is 12.3. The van der Waals surface area contributed by atoms with E-state index in [1.54, 1.807) is 23.1 Å². The highest BCUT2D eigenvalue weighted by molar-refractivity contribution is 5.83. The van der Waals surface area contributed by atoms with E-state index in [9.17, 15) is 4.79 Å². The fraction of sp³-hybridized carbons (Fsp3) is 0.129. The third-order valence-electron chi connectivity index (χ3n) is 7.31. The maximum Gasteiger partial charge on any atom is 0.260 e. The molecule has 0 saturated carbocycles. The summed E-state index contributed by atoms with van der Waals surface area (Å²) in [5.74, 6) is 1.92. The third-order valence-corrected chi connectivity index (χ3v) is 7.31. The van der Waals surface area contributed by atoms with E-state index >= 15 is 0 Å². The fourth-order valence-corrected chi connectivity index (χ4v) is 5.27. The number of rotatable bonds is 3. The van der Waals surface area contributed by atoms with Crippen molar-refractivity contribution in [1.29, 1.82) is 0 Å². The smallest absolute Gasteiger partial charge is 0.260 e. The van der Waals surface area contributed by atoms with E-state index in [0.717, 1.165) is 52.6 Å². The van der Waals surface area contributed by atoms with E-state index in [1.165, 1.54) is 30.1 Å².